The van der Waals surface area contributed by atoms with E-state index in [4.69, 9.17) is 0 Å². The van der Waals surface area contributed by atoms with E-state index in [2.05, 4.69) is 20.0 Å². The normalized spacial score (nSPS) is 15.0. The lowest BCUT2D eigenvalue weighted by atomic mass is 10.1. The lowest BCUT2D eigenvalue weighted by Crippen LogP contribution is -2.35. The highest BCUT2D eigenvalue weighted by molar-refractivity contribution is 6.07. The van der Waals surface area contributed by atoms with Gasteiger partial charge in [0.2, 0.25) is 5.95 Å². The van der Waals surface area contributed by atoms with Crippen LogP contribution >= 0.6 is 0 Å². The minimum atomic E-state index is -0.395. The molecular weight excluding hydrogens is 368 g/mol. The fourth-order valence-electron chi connectivity index (χ4n) is 3.45. The van der Waals surface area contributed by atoms with Crippen LogP contribution in [0.15, 0.2) is 60.9 Å². The van der Waals surface area contributed by atoms with E-state index in [1.54, 1.807) is 29.2 Å². The highest BCUT2D eigenvalue weighted by Crippen LogP contribution is 2.32. The number of anilines is 3. The Morgan fingerprint density at radius 2 is 1.72 bits per heavy atom. The summed E-state index contributed by atoms with van der Waals surface area (Å²) >= 11 is 0. The number of hydrogen-bond acceptors (Lipinski definition) is 6. The van der Waals surface area contributed by atoms with Crippen molar-refractivity contribution >= 4 is 29.2 Å². The van der Waals surface area contributed by atoms with Crippen molar-refractivity contribution < 1.29 is 14.3 Å². The van der Waals surface area contributed by atoms with Gasteiger partial charge in [-0.2, -0.15) is 0 Å². The standard InChI is InChI=1S/C22H20N4O3/c1-14-11-16-5-3-4-6-19(16)26(14)20(27)17-12-23-22(24-13-17)25-18-9-7-15(8-10-18)21(28)29-2/h3-10,12-14H,11H2,1-2H3,(H,23,24,25). The maximum absolute atomic E-state index is 13.0. The van der Waals surface area contributed by atoms with Crippen LogP contribution in [0.1, 0.15) is 33.2 Å². The number of benzene rings is 2. The number of nitrogens with zero attached hydrogens (tertiary/aromatic N) is 3. The molecule has 4 rings (SSSR count). The number of hydrogen-bond donors (Lipinski definition) is 1. The largest absolute Gasteiger partial charge is 0.465 e. The van der Waals surface area contributed by atoms with Gasteiger partial charge in [0.05, 0.1) is 18.2 Å². The summed E-state index contributed by atoms with van der Waals surface area (Å²) in [6, 6.07) is 14.8. The molecule has 0 saturated heterocycles. The van der Waals surface area contributed by atoms with Crippen molar-refractivity contribution in [3.8, 4) is 0 Å². The highest BCUT2D eigenvalue weighted by Gasteiger charge is 2.31. The van der Waals surface area contributed by atoms with Gasteiger partial charge >= 0.3 is 5.97 Å². The van der Waals surface area contributed by atoms with Crippen LogP contribution < -0.4 is 10.2 Å². The number of methoxy groups -OCH3 is 1. The Kier molecular flexibility index (Phi) is 4.95. The number of nitrogens with one attached hydrogen (secondary N) is 1. The summed E-state index contributed by atoms with van der Waals surface area (Å²) in [6.07, 6.45) is 3.88. The number of carbonyl (C=O) groups excluding carboxylic acids is 2. The summed E-state index contributed by atoms with van der Waals surface area (Å²) in [5, 5.41) is 3.05. The Morgan fingerprint density at radius 3 is 2.41 bits per heavy atom. The minimum Gasteiger partial charge on any atom is -0.465 e. The van der Waals surface area contributed by atoms with E-state index in [0.717, 1.165) is 17.8 Å². The molecular formula is C22H20N4O3. The van der Waals surface area contributed by atoms with Crippen LogP contribution in [0.25, 0.3) is 0 Å². The molecule has 0 radical (unpaired) electrons. The maximum Gasteiger partial charge on any atom is 0.337 e. The molecule has 1 aliphatic heterocycles. The summed E-state index contributed by atoms with van der Waals surface area (Å²) in [4.78, 5) is 34.8. The van der Waals surface area contributed by atoms with Gasteiger partial charge < -0.3 is 15.0 Å². The van der Waals surface area contributed by atoms with Gasteiger partial charge in [0, 0.05) is 29.8 Å². The summed E-state index contributed by atoms with van der Waals surface area (Å²) in [6.45, 7) is 2.03. The molecule has 7 heteroatoms. The first kappa shape index (κ1) is 18.6. The van der Waals surface area contributed by atoms with Crippen LogP contribution in [-0.2, 0) is 11.2 Å². The molecule has 0 bridgehead atoms. The van der Waals surface area contributed by atoms with E-state index in [1.165, 1.54) is 25.1 Å². The van der Waals surface area contributed by atoms with Gasteiger partial charge in [-0.3, -0.25) is 4.79 Å². The van der Waals surface area contributed by atoms with Gasteiger partial charge in [0.25, 0.3) is 5.91 Å². The molecule has 0 spiro atoms. The molecule has 146 valence electrons. The molecule has 3 aromatic rings. The van der Waals surface area contributed by atoms with Gasteiger partial charge in [-0.25, -0.2) is 14.8 Å². The van der Waals surface area contributed by atoms with Crippen LogP contribution in [0.5, 0.6) is 0 Å². The van der Waals surface area contributed by atoms with Crippen molar-refractivity contribution in [2.24, 2.45) is 0 Å². The molecule has 1 amide bonds. The number of amides is 1. The number of rotatable bonds is 4. The second-order valence-electron chi connectivity index (χ2n) is 6.85. The predicted molar refractivity (Wildman–Crippen MR) is 110 cm³/mol. The zero-order valence-corrected chi connectivity index (χ0v) is 16.1. The van der Waals surface area contributed by atoms with Crippen LogP contribution in [0, 0.1) is 0 Å². The Labute approximate surface area is 168 Å². The average molecular weight is 388 g/mol. The van der Waals surface area contributed by atoms with Gasteiger partial charge in [-0.15, -0.1) is 0 Å². The highest BCUT2D eigenvalue weighted by atomic mass is 16.5. The first-order chi connectivity index (χ1) is 14.1. The topological polar surface area (TPSA) is 84.4 Å². The SMILES string of the molecule is COC(=O)c1ccc(Nc2ncc(C(=O)N3c4ccccc4CC3C)cn2)cc1. The Balaban J connectivity index is 1.48. The fourth-order valence-corrected chi connectivity index (χ4v) is 3.45. The monoisotopic (exact) mass is 388 g/mol. The van der Waals surface area contributed by atoms with E-state index in [9.17, 15) is 9.59 Å². The van der Waals surface area contributed by atoms with E-state index in [0.29, 0.717) is 17.1 Å². The Hall–Kier alpha value is -3.74. The Morgan fingerprint density at radius 1 is 1.03 bits per heavy atom. The van der Waals surface area contributed by atoms with Gasteiger partial charge in [-0.1, -0.05) is 18.2 Å². The van der Waals surface area contributed by atoms with Crippen LogP contribution in [0.4, 0.5) is 17.3 Å². The number of fused-ring (bicyclic) bond motifs is 1. The molecule has 0 aliphatic carbocycles. The quantitative estimate of drug-likeness (QED) is 0.688. The number of aromatic nitrogens is 2. The molecule has 2 aromatic carbocycles. The molecule has 7 nitrogen and oxygen atoms in total. The summed E-state index contributed by atoms with van der Waals surface area (Å²) in [5.41, 5.74) is 3.72. The van der Waals surface area contributed by atoms with Crippen molar-refractivity contribution in [3.63, 3.8) is 0 Å². The molecule has 0 fully saturated rings. The van der Waals surface area contributed by atoms with Gasteiger partial charge in [0.15, 0.2) is 0 Å². The minimum absolute atomic E-state index is 0.0889. The van der Waals surface area contributed by atoms with Crippen LogP contribution in [-0.4, -0.2) is 35.0 Å². The summed E-state index contributed by atoms with van der Waals surface area (Å²) < 4.78 is 4.68. The van der Waals surface area contributed by atoms with Gasteiger partial charge in [0.1, 0.15) is 0 Å². The Bertz CT molecular complexity index is 1050. The molecule has 29 heavy (non-hydrogen) atoms. The van der Waals surface area contributed by atoms with E-state index in [1.807, 2.05) is 31.2 Å². The first-order valence-corrected chi connectivity index (χ1v) is 9.25. The van der Waals surface area contributed by atoms with E-state index < -0.39 is 5.97 Å². The second-order valence-corrected chi connectivity index (χ2v) is 6.85. The average Bonchev–Trinajstić information content (AvgIpc) is 3.09. The van der Waals surface area contributed by atoms with Crippen molar-refractivity contribution in [2.75, 3.05) is 17.3 Å². The third kappa shape index (κ3) is 3.67. The number of ether oxygens (including phenoxy) is 1. The molecule has 1 N–H and O–H groups in total. The number of carbonyl (C=O) groups is 2. The van der Waals surface area contributed by atoms with Crippen molar-refractivity contribution in [1.29, 1.82) is 0 Å². The lowest BCUT2D eigenvalue weighted by Gasteiger charge is -2.22. The van der Waals surface area contributed by atoms with Crippen LogP contribution in [0.3, 0.4) is 0 Å². The van der Waals surface area contributed by atoms with Crippen molar-refractivity contribution in [1.82, 2.24) is 9.97 Å². The van der Waals surface area contributed by atoms with Crippen molar-refractivity contribution in [2.45, 2.75) is 19.4 Å². The molecule has 0 saturated carbocycles. The molecule has 1 aliphatic rings. The van der Waals surface area contributed by atoms with Crippen molar-refractivity contribution in [3.05, 3.63) is 77.6 Å². The lowest BCUT2D eigenvalue weighted by molar-refractivity contribution is 0.0600. The third-order valence-electron chi connectivity index (χ3n) is 4.89. The number of esters is 1. The van der Waals surface area contributed by atoms with Crippen LogP contribution in [0.2, 0.25) is 0 Å². The predicted octanol–water partition coefficient (Wildman–Crippen LogP) is 3.60. The summed E-state index contributed by atoms with van der Waals surface area (Å²) in [7, 11) is 1.34. The summed E-state index contributed by atoms with van der Waals surface area (Å²) in [5.74, 6) is -0.146. The third-order valence-corrected chi connectivity index (χ3v) is 4.89. The van der Waals surface area contributed by atoms with Gasteiger partial charge in [-0.05, 0) is 49.2 Å². The zero-order chi connectivity index (χ0) is 20.4. The van der Waals surface area contributed by atoms with E-state index >= 15 is 0 Å². The molecule has 1 unspecified atom stereocenters. The van der Waals surface area contributed by atoms with E-state index in [-0.39, 0.29) is 11.9 Å². The molecule has 1 atom stereocenters. The smallest absolute Gasteiger partial charge is 0.337 e. The number of para-hydroxylation sites is 1. The molecule has 2 heterocycles. The fraction of sp³-hybridized carbons (Fsp3) is 0.182. The first-order valence-electron chi connectivity index (χ1n) is 9.25. The zero-order valence-electron chi connectivity index (χ0n) is 16.1. The maximum atomic E-state index is 13.0. The molecule has 1 aromatic heterocycles. The second kappa shape index (κ2) is 7.71.